The molecule has 3 rings (SSSR count). The summed E-state index contributed by atoms with van der Waals surface area (Å²) in [6.45, 7) is 1.91. The molecule has 118 valence electrons. The zero-order chi connectivity index (χ0) is 16.6. The van der Waals surface area contributed by atoms with E-state index in [4.69, 9.17) is 23.2 Å². The summed E-state index contributed by atoms with van der Waals surface area (Å²) in [4.78, 5) is 25.9. The van der Waals surface area contributed by atoms with Crippen molar-refractivity contribution in [1.29, 1.82) is 0 Å². The molecule has 0 spiro atoms. The number of anilines is 2. The number of benzene rings is 2. The number of carbonyl (C=O) groups is 2. The van der Waals surface area contributed by atoms with Crippen LogP contribution in [-0.4, -0.2) is 16.5 Å². The van der Waals surface area contributed by atoms with E-state index in [9.17, 15) is 9.59 Å². The van der Waals surface area contributed by atoms with Crippen LogP contribution in [0.4, 0.5) is 16.2 Å². The van der Waals surface area contributed by atoms with E-state index in [-0.39, 0.29) is 11.1 Å². The van der Waals surface area contributed by atoms with Crippen molar-refractivity contribution >= 4 is 57.5 Å². The lowest BCUT2D eigenvalue weighted by Gasteiger charge is -2.15. The predicted molar refractivity (Wildman–Crippen MR) is 95.5 cm³/mol. The second kappa shape index (κ2) is 6.43. The maximum Gasteiger partial charge on any atom is 0.295 e. The molecule has 23 heavy (non-hydrogen) atoms. The van der Waals surface area contributed by atoms with Crippen molar-refractivity contribution in [3.63, 3.8) is 0 Å². The first-order valence-corrected chi connectivity index (χ1v) is 8.42. The minimum atomic E-state index is -0.694. The van der Waals surface area contributed by atoms with Gasteiger partial charge in [0, 0.05) is 5.69 Å². The van der Waals surface area contributed by atoms with Crippen LogP contribution >= 0.6 is 35.0 Å². The lowest BCUT2D eigenvalue weighted by molar-refractivity contribution is -0.116. The molecule has 0 radical (unpaired) electrons. The molecule has 0 aromatic heterocycles. The Morgan fingerprint density at radius 3 is 2.57 bits per heavy atom. The van der Waals surface area contributed by atoms with Crippen LogP contribution in [-0.2, 0) is 4.79 Å². The smallest absolute Gasteiger partial charge is 0.295 e. The number of carbonyl (C=O) groups excluding carboxylic acids is 2. The number of aryl methyl sites for hydroxylation is 1. The molecular weight excluding hydrogens is 355 g/mol. The van der Waals surface area contributed by atoms with Crippen LogP contribution in [0.2, 0.25) is 10.0 Å². The Hall–Kier alpha value is -1.69. The number of amides is 2. The standard InChI is InChI=1S/C16H12Cl2N2O2S/c1-9-3-2-4-11(7-9)20-15(21)14(23-16(20)22)19-10-5-6-12(17)13(18)8-10/h2-8,14,19H,1H3. The highest BCUT2D eigenvalue weighted by Gasteiger charge is 2.40. The predicted octanol–water partition coefficient (Wildman–Crippen LogP) is 4.94. The van der Waals surface area contributed by atoms with E-state index in [0.29, 0.717) is 21.4 Å². The minimum Gasteiger partial charge on any atom is -0.365 e. The molecule has 1 atom stereocenters. The molecule has 2 aromatic carbocycles. The first kappa shape index (κ1) is 16.2. The highest BCUT2D eigenvalue weighted by atomic mass is 35.5. The summed E-state index contributed by atoms with van der Waals surface area (Å²) in [5.74, 6) is -0.309. The summed E-state index contributed by atoms with van der Waals surface area (Å²) in [5.41, 5.74) is 2.18. The molecule has 1 N–H and O–H groups in total. The number of nitrogens with one attached hydrogen (secondary N) is 1. The van der Waals surface area contributed by atoms with Crippen LogP contribution in [0.25, 0.3) is 0 Å². The van der Waals surface area contributed by atoms with Gasteiger partial charge in [-0.3, -0.25) is 9.59 Å². The maximum absolute atomic E-state index is 12.5. The average Bonchev–Trinajstić information content (AvgIpc) is 2.77. The quantitative estimate of drug-likeness (QED) is 0.835. The maximum atomic E-state index is 12.5. The van der Waals surface area contributed by atoms with E-state index in [1.54, 1.807) is 30.3 Å². The van der Waals surface area contributed by atoms with Crippen LogP contribution in [0.15, 0.2) is 42.5 Å². The second-order valence-corrected chi connectivity index (χ2v) is 6.92. The van der Waals surface area contributed by atoms with Crippen LogP contribution in [0.3, 0.4) is 0 Å². The third-order valence-corrected chi connectivity index (χ3v) is 5.00. The normalized spacial score (nSPS) is 17.7. The minimum absolute atomic E-state index is 0.307. The molecule has 1 fully saturated rings. The Morgan fingerprint density at radius 2 is 1.87 bits per heavy atom. The van der Waals surface area contributed by atoms with E-state index >= 15 is 0 Å². The molecular formula is C16H12Cl2N2O2S. The van der Waals surface area contributed by atoms with Gasteiger partial charge in [-0.2, -0.15) is 0 Å². The Kier molecular flexibility index (Phi) is 4.53. The van der Waals surface area contributed by atoms with Gasteiger partial charge >= 0.3 is 0 Å². The Bertz CT molecular complexity index is 797. The van der Waals surface area contributed by atoms with Gasteiger partial charge in [-0.25, -0.2) is 4.90 Å². The molecule has 2 amide bonds. The van der Waals surface area contributed by atoms with Crippen molar-refractivity contribution in [3.8, 4) is 0 Å². The van der Waals surface area contributed by atoms with E-state index in [1.165, 1.54) is 4.90 Å². The van der Waals surface area contributed by atoms with Gasteiger partial charge in [-0.05, 0) is 54.6 Å². The van der Waals surface area contributed by atoms with Gasteiger partial charge in [-0.15, -0.1) is 0 Å². The molecule has 0 aliphatic carbocycles. The summed E-state index contributed by atoms with van der Waals surface area (Å²) in [6.07, 6.45) is 0. The van der Waals surface area contributed by atoms with E-state index in [0.717, 1.165) is 17.3 Å². The van der Waals surface area contributed by atoms with Crippen molar-refractivity contribution in [3.05, 3.63) is 58.1 Å². The summed E-state index contributed by atoms with van der Waals surface area (Å²) >= 11 is 12.8. The SMILES string of the molecule is Cc1cccc(N2C(=O)SC(Nc3ccc(Cl)c(Cl)c3)C2=O)c1. The van der Waals surface area contributed by atoms with Gasteiger partial charge in [0.1, 0.15) is 0 Å². The number of hydrogen-bond acceptors (Lipinski definition) is 4. The van der Waals surface area contributed by atoms with Crippen LogP contribution in [0.1, 0.15) is 5.56 Å². The number of hydrogen-bond donors (Lipinski definition) is 1. The van der Waals surface area contributed by atoms with Crippen LogP contribution < -0.4 is 10.2 Å². The fourth-order valence-electron chi connectivity index (χ4n) is 2.24. The Balaban J connectivity index is 1.82. The van der Waals surface area contributed by atoms with E-state index < -0.39 is 5.37 Å². The first-order chi connectivity index (χ1) is 11.0. The number of rotatable bonds is 3. The number of halogens is 2. The second-order valence-electron chi connectivity index (χ2n) is 5.05. The topological polar surface area (TPSA) is 49.4 Å². The van der Waals surface area contributed by atoms with Gasteiger partial charge in [0.2, 0.25) is 0 Å². The number of imide groups is 1. The molecule has 1 saturated heterocycles. The highest BCUT2D eigenvalue weighted by Crippen LogP contribution is 2.34. The number of thioether (sulfide) groups is 1. The molecule has 7 heteroatoms. The van der Waals surface area contributed by atoms with Crippen molar-refractivity contribution in [2.45, 2.75) is 12.3 Å². The molecule has 1 heterocycles. The summed E-state index contributed by atoms with van der Waals surface area (Å²) in [7, 11) is 0. The molecule has 4 nitrogen and oxygen atoms in total. The van der Waals surface area contributed by atoms with Crippen molar-refractivity contribution in [2.24, 2.45) is 0 Å². The molecule has 1 aliphatic heterocycles. The number of nitrogens with zero attached hydrogens (tertiary/aromatic N) is 1. The van der Waals surface area contributed by atoms with Crippen molar-refractivity contribution < 1.29 is 9.59 Å². The summed E-state index contributed by atoms with van der Waals surface area (Å²) < 4.78 is 0. The van der Waals surface area contributed by atoms with Crippen molar-refractivity contribution in [1.82, 2.24) is 0 Å². The third kappa shape index (κ3) is 3.32. The largest absolute Gasteiger partial charge is 0.365 e. The van der Waals surface area contributed by atoms with Gasteiger partial charge < -0.3 is 5.32 Å². The van der Waals surface area contributed by atoms with Gasteiger partial charge in [0.25, 0.3) is 11.1 Å². The zero-order valence-corrected chi connectivity index (χ0v) is 14.4. The van der Waals surface area contributed by atoms with Crippen LogP contribution in [0, 0.1) is 6.92 Å². The lowest BCUT2D eigenvalue weighted by atomic mass is 10.2. The Labute approximate surface area is 147 Å². The monoisotopic (exact) mass is 366 g/mol. The van der Waals surface area contributed by atoms with Gasteiger partial charge in [0.05, 0.1) is 15.7 Å². The van der Waals surface area contributed by atoms with E-state index in [1.807, 2.05) is 19.1 Å². The molecule has 0 bridgehead atoms. The fraction of sp³-hybridized carbons (Fsp3) is 0.125. The average molecular weight is 367 g/mol. The highest BCUT2D eigenvalue weighted by molar-refractivity contribution is 8.16. The van der Waals surface area contributed by atoms with Crippen LogP contribution in [0.5, 0.6) is 0 Å². The molecule has 2 aromatic rings. The Morgan fingerprint density at radius 1 is 1.09 bits per heavy atom. The van der Waals surface area contributed by atoms with Crippen molar-refractivity contribution in [2.75, 3.05) is 10.2 Å². The molecule has 1 aliphatic rings. The fourth-order valence-corrected chi connectivity index (χ4v) is 3.44. The zero-order valence-electron chi connectivity index (χ0n) is 12.0. The van der Waals surface area contributed by atoms with Gasteiger partial charge in [-0.1, -0.05) is 35.3 Å². The van der Waals surface area contributed by atoms with Gasteiger partial charge in [0.15, 0.2) is 5.37 Å². The summed E-state index contributed by atoms with van der Waals surface area (Å²) in [5, 5.41) is 2.82. The molecule has 1 unspecified atom stereocenters. The third-order valence-electron chi connectivity index (χ3n) is 3.32. The van der Waals surface area contributed by atoms with E-state index in [2.05, 4.69) is 5.32 Å². The first-order valence-electron chi connectivity index (χ1n) is 6.78. The lowest BCUT2D eigenvalue weighted by Crippen LogP contribution is -2.34. The molecule has 0 saturated carbocycles. The summed E-state index contributed by atoms with van der Waals surface area (Å²) in [6, 6.07) is 12.2.